The Balaban J connectivity index is 1.96. The van der Waals surface area contributed by atoms with Crippen molar-refractivity contribution < 1.29 is 5.11 Å². The van der Waals surface area contributed by atoms with E-state index in [1.807, 2.05) is 61.5 Å². The Morgan fingerprint density at radius 3 is 2.45 bits per heavy atom. The highest BCUT2D eigenvalue weighted by atomic mass is 32.1. The fraction of sp³-hybridized carbons (Fsp3) is 0.0588. The zero-order valence-electron chi connectivity index (χ0n) is 11.9. The molecule has 110 valence electrons. The number of aryl methyl sites for hydroxylation is 1. The first kappa shape index (κ1) is 14.7. The molecule has 3 rings (SSSR count). The summed E-state index contributed by atoms with van der Waals surface area (Å²) in [5.41, 5.74) is 2.87. The third-order valence-corrected chi connectivity index (χ3v) is 4.49. The van der Waals surface area contributed by atoms with Crippen molar-refractivity contribution in [3.05, 3.63) is 69.0 Å². The van der Waals surface area contributed by atoms with E-state index in [4.69, 9.17) is 12.2 Å². The van der Waals surface area contributed by atoms with Crippen LogP contribution in [0.25, 0.3) is 5.69 Å². The van der Waals surface area contributed by atoms with E-state index >= 15 is 0 Å². The van der Waals surface area contributed by atoms with Crippen LogP contribution < -0.4 is 0 Å². The quantitative estimate of drug-likeness (QED) is 0.541. The molecular weight excluding hydrogens is 312 g/mol. The normalized spacial score (nSPS) is 11.1. The molecule has 0 atom stereocenters. The lowest BCUT2D eigenvalue weighted by atomic mass is 10.2. The van der Waals surface area contributed by atoms with E-state index in [1.54, 1.807) is 10.8 Å². The molecule has 0 aliphatic rings. The maximum absolute atomic E-state index is 10.4. The van der Waals surface area contributed by atoms with Gasteiger partial charge in [-0.1, -0.05) is 47.2 Å². The van der Waals surface area contributed by atoms with Crippen LogP contribution in [0.5, 0.6) is 5.88 Å². The van der Waals surface area contributed by atoms with Crippen molar-refractivity contribution in [2.45, 2.75) is 6.92 Å². The van der Waals surface area contributed by atoms with Gasteiger partial charge in [0.1, 0.15) is 4.88 Å². The Hall–Kier alpha value is -2.24. The molecule has 0 aliphatic carbocycles. The maximum atomic E-state index is 10.4. The summed E-state index contributed by atoms with van der Waals surface area (Å²) in [5.74, 6) is 0.122. The summed E-state index contributed by atoms with van der Waals surface area (Å²) in [4.78, 5) is 5.04. The van der Waals surface area contributed by atoms with Crippen LogP contribution in [0.3, 0.4) is 0 Å². The lowest BCUT2D eigenvalue weighted by molar-refractivity contribution is 0.441. The standard InChI is InChI=1S/C17H14N2OS2/c1-12-7-9-13(10-8-12)18-11-15-16(20)19(17(21)22-15)14-5-3-2-4-6-14/h2-11,20H,1H3. The summed E-state index contributed by atoms with van der Waals surface area (Å²) in [5, 5.41) is 10.4. The minimum absolute atomic E-state index is 0.122. The average Bonchev–Trinajstić information content (AvgIpc) is 2.82. The molecule has 0 saturated carbocycles. The number of benzene rings is 2. The van der Waals surface area contributed by atoms with E-state index in [1.165, 1.54) is 16.9 Å². The molecule has 3 nitrogen and oxygen atoms in total. The molecule has 1 heterocycles. The van der Waals surface area contributed by atoms with Crippen molar-refractivity contribution in [1.29, 1.82) is 0 Å². The van der Waals surface area contributed by atoms with E-state index in [9.17, 15) is 5.11 Å². The summed E-state index contributed by atoms with van der Waals surface area (Å²) in [6, 6.07) is 17.4. The van der Waals surface area contributed by atoms with Crippen LogP contribution in [0.4, 0.5) is 5.69 Å². The molecule has 0 spiro atoms. The molecule has 2 aromatic carbocycles. The smallest absolute Gasteiger partial charge is 0.216 e. The Bertz CT molecular complexity index is 862. The largest absolute Gasteiger partial charge is 0.493 e. The Morgan fingerprint density at radius 1 is 1.09 bits per heavy atom. The number of aliphatic imine (C=N–C) groups is 1. The van der Waals surface area contributed by atoms with Crippen molar-refractivity contribution in [1.82, 2.24) is 4.57 Å². The van der Waals surface area contributed by atoms with Gasteiger partial charge in [0.2, 0.25) is 5.88 Å². The topological polar surface area (TPSA) is 37.5 Å². The van der Waals surface area contributed by atoms with Gasteiger partial charge in [-0.2, -0.15) is 0 Å². The van der Waals surface area contributed by atoms with Gasteiger partial charge in [-0.15, -0.1) is 0 Å². The molecular formula is C17H14N2OS2. The number of aromatic nitrogens is 1. The highest BCUT2D eigenvalue weighted by molar-refractivity contribution is 7.73. The number of hydrogen-bond donors (Lipinski definition) is 1. The van der Waals surface area contributed by atoms with Gasteiger partial charge in [0, 0.05) is 0 Å². The molecule has 0 saturated heterocycles. The van der Waals surface area contributed by atoms with Crippen molar-refractivity contribution in [3.8, 4) is 11.6 Å². The van der Waals surface area contributed by atoms with Crippen molar-refractivity contribution in [2.75, 3.05) is 0 Å². The van der Waals surface area contributed by atoms with E-state index in [0.717, 1.165) is 11.4 Å². The summed E-state index contributed by atoms with van der Waals surface area (Å²) in [6.07, 6.45) is 1.65. The molecule has 0 radical (unpaired) electrons. The summed E-state index contributed by atoms with van der Waals surface area (Å²) >= 11 is 6.69. The van der Waals surface area contributed by atoms with Gasteiger partial charge in [-0.3, -0.25) is 9.56 Å². The fourth-order valence-corrected chi connectivity index (χ4v) is 3.26. The zero-order valence-corrected chi connectivity index (χ0v) is 13.6. The van der Waals surface area contributed by atoms with Crippen LogP contribution in [0.2, 0.25) is 0 Å². The van der Waals surface area contributed by atoms with E-state index in [0.29, 0.717) is 8.83 Å². The van der Waals surface area contributed by atoms with Gasteiger partial charge in [-0.25, -0.2) is 0 Å². The van der Waals surface area contributed by atoms with Crippen molar-refractivity contribution in [2.24, 2.45) is 4.99 Å². The summed E-state index contributed by atoms with van der Waals surface area (Å²) in [7, 11) is 0. The highest BCUT2D eigenvalue weighted by Gasteiger charge is 2.11. The number of nitrogens with zero attached hydrogens (tertiary/aromatic N) is 2. The third-order valence-electron chi connectivity index (χ3n) is 3.19. The number of thiazole rings is 1. The zero-order chi connectivity index (χ0) is 15.5. The molecule has 0 unspecified atom stereocenters. The van der Waals surface area contributed by atoms with Gasteiger partial charge >= 0.3 is 0 Å². The molecule has 1 N–H and O–H groups in total. The minimum atomic E-state index is 0.122. The van der Waals surface area contributed by atoms with Gasteiger partial charge in [-0.05, 0) is 43.4 Å². The van der Waals surface area contributed by atoms with E-state index in [-0.39, 0.29) is 5.88 Å². The van der Waals surface area contributed by atoms with Crippen LogP contribution in [-0.2, 0) is 0 Å². The second kappa shape index (κ2) is 6.25. The Labute approximate surface area is 137 Å². The molecule has 0 amide bonds. The first-order valence-corrected chi connectivity index (χ1v) is 7.98. The van der Waals surface area contributed by atoms with E-state index < -0.39 is 0 Å². The second-order valence-corrected chi connectivity index (χ2v) is 6.50. The highest BCUT2D eigenvalue weighted by Crippen LogP contribution is 2.28. The molecule has 1 aromatic heterocycles. The number of hydrogen-bond acceptors (Lipinski definition) is 4. The predicted octanol–water partition coefficient (Wildman–Crippen LogP) is 5.03. The number of para-hydroxylation sites is 1. The SMILES string of the molecule is Cc1ccc(N=Cc2sc(=S)n(-c3ccccc3)c2O)cc1. The monoisotopic (exact) mass is 326 g/mol. The predicted molar refractivity (Wildman–Crippen MR) is 94.6 cm³/mol. The Kier molecular flexibility index (Phi) is 4.18. The maximum Gasteiger partial charge on any atom is 0.216 e. The average molecular weight is 326 g/mol. The van der Waals surface area contributed by atoms with Gasteiger partial charge < -0.3 is 5.11 Å². The van der Waals surface area contributed by atoms with Gasteiger partial charge in [0.15, 0.2) is 3.95 Å². The van der Waals surface area contributed by atoms with Crippen LogP contribution in [0.1, 0.15) is 10.4 Å². The van der Waals surface area contributed by atoms with Crippen LogP contribution in [0, 0.1) is 10.9 Å². The first-order chi connectivity index (χ1) is 10.6. The Morgan fingerprint density at radius 2 is 1.77 bits per heavy atom. The van der Waals surface area contributed by atoms with Gasteiger partial charge in [0.25, 0.3) is 0 Å². The second-order valence-electron chi connectivity index (χ2n) is 4.82. The van der Waals surface area contributed by atoms with Crippen molar-refractivity contribution in [3.63, 3.8) is 0 Å². The third kappa shape index (κ3) is 3.00. The first-order valence-electron chi connectivity index (χ1n) is 6.76. The molecule has 0 bridgehead atoms. The lowest BCUT2D eigenvalue weighted by Gasteiger charge is -2.03. The van der Waals surface area contributed by atoms with Crippen LogP contribution >= 0.6 is 23.6 Å². The van der Waals surface area contributed by atoms with E-state index in [2.05, 4.69) is 4.99 Å². The summed E-state index contributed by atoms with van der Waals surface area (Å²) in [6.45, 7) is 2.03. The van der Waals surface area contributed by atoms with Crippen LogP contribution in [0.15, 0.2) is 59.6 Å². The minimum Gasteiger partial charge on any atom is -0.493 e. The number of rotatable bonds is 3. The molecule has 5 heteroatoms. The fourth-order valence-electron chi connectivity index (χ4n) is 2.03. The number of aromatic hydroxyl groups is 1. The van der Waals surface area contributed by atoms with Gasteiger partial charge in [0.05, 0.1) is 17.6 Å². The van der Waals surface area contributed by atoms with Crippen molar-refractivity contribution >= 4 is 35.5 Å². The van der Waals surface area contributed by atoms with Crippen LogP contribution in [-0.4, -0.2) is 15.9 Å². The molecule has 0 aliphatic heterocycles. The lowest BCUT2D eigenvalue weighted by Crippen LogP contribution is -1.92. The molecule has 0 fully saturated rings. The molecule has 22 heavy (non-hydrogen) atoms. The molecule has 3 aromatic rings. The summed E-state index contributed by atoms with van der Waals surface area (Å²) < 4.78 is 2.24.